The fourth-order valence-electron chi connectivity index (χ4n) is 5.23. The van der Waals surface area contributed by atoms with Crippen molar-refractivity contribution in [3.63, 3.8) is 0 Å². The van der Waals surface area contributed by atoms with Crippen LogP contribution in [0.4, 0.5) is 5.82 Å². The van der Waals surface area contributed by atoms with Gasteiger partial charge < -0.3 is 20.2 Å². The lowest BCUT2D eigenvalue weighted by Gasteiger charge is -2.42. The van der Waals surface area contributed by atoms with E-state index in [1.165, 1.54) is 29.2 Å². The molecule has 1 atom stereocenters. The summed E-state index contributed by atoms with van der Waals surface area (Å²) in [7, 11) is 0. The van der Waals surface area contributed by atoms with Crippen LogP contribution in [0.5, 0.6) is 0 Å². The first-order valence-electron chi connectivity index (χ1n) is 11.6. The zero-order valence-corrected chi connectivity index (χ0v) is 19.9. The van der Waals surface area contributed by atoms with E-state index in [0.29, 0.717) is 27.5 Å². The molecule has 1 saturated heterocycles. The van der Waals surface area contributed by atoms with Crippen molar-refractivity contribution >= 4 is 17.6 Å². The summed E-state index contributed by atoms with van der Waals surface area (Å²) in [6.07, 6.45) is 9.41. The molecule has 1 fully saturated rings. The molecule has 10 heteroatoms. The molecule has 2 aliphatic rings. The minimum atomic E-state index is -0.186. The lowest BCUT2D eigenvalue weighted by atomic mass is 9.73. The molecule has 4 aromatic rings. The Kier molecular flexibility index (Phi) is 5.71. The molecule has 1 aliphatic carbocycles. The quantitative estimate of drug-likeness (QED) is 0.404. The molecule has 1 spiro atoms. The van der Waals surface area contributed by atoms with Gasteiger partial charge in [0.25, 0.3) is 5.89 Å². The second kappa shape index (κ2) is 9.03. The van der Waals surface area contributed by atoms with E-state index in [0.717, 1.165) is 38.2 Å². The summed E-state index contributed by atoms with van der Waals surface area (Å²) >= 11 is 1.35. The molecule has 0 amide bonds. The maximum Gasteiger partial charge on any atom is 0.264 e. The fourth-order valence-corrected chi connectivity index (χ4v) is 5.97. The predicted molar refractivity (Wildman–Crippen MR) is 131 cm³/mol. The number of piperidine rings is 1. The molecule has 6 rings (SSSR count). The number of rotatable bonds is 5. The highest BCUT2D eigenvalue weighted by molar-refractivity contribution is 7.99. The number of aromatic nitrogens is 5. The summed E-state index contributed by atoms with van der Waals surface area (Å²) in [5, 5.41) is 11.4. The van der Waals surface area contributed by atoms with Crippen LogP contribution in [0, 0.1) is 5.41 Å². The van der Waals surface area contributed by atoms with Crippen LogP contribution in [-0.2, 0) is 13.0 Å². The van der Waals surface area contributed by atoms with Crippen molar-refractivity contribution in [1.29, 1.82) is 0 Å². The Balaban J connectivity index is 1.17. The van der Waals surface area contributed by atoms with E-state index in [-0.39, 0.29) is 18.1 Å². The number of fused-ring (bicyclic) bond motifs is 1. The maximum absolute atomic E-state index is 10.1. The lowest BCUT2D eigenvalue weighted by molar-refractivity contribution is 0.186. The van der Waals surface area contributed by atoms with E-state index in [4.69, 9.17) is 15.1 Å². The van der Waals surface area contributed by atoms with Gasteiger partial charge in [0, 0.05) is 25.3 Å². The first kappa shape index (κ1) is 22.1. The van der Waals surface area contributed by atoms with Crippen LogP contribution in [0.2, 0.25) is 0 Å². The molecule has 35 heavy (non-hydrogen) atoms. The van der Waals surface area contributed by atoms with Gasteiger partial charge in [-0.15, -0.1) is 0 Å². The van der Waals surface area contributed by atoms with Gasteiger partial charge in [0.1, 0.15) is 22.0 Å². The second-order valence-corrected chi connectivity index (χ2v) is 10.0. The zero-order valence-electron chi connectivity index (χ0n) is 19.0. The predicted octanol–water partition coefficient (Wildman–Crippen LogP) is 3.41. The number of anilines is 1. The molecule has 3 aromatic heterocycles. The molecule has 0 unspecified atom stereocenters. The fraction of sp³-hybridized carbons (Fsp3) is 0.320. The van der Waals surface area contributed by atoms with Crippen molar-refractivity contribution < 1.29 is 9.52 Å². The van der Waals surface area contributed by atoms with Gasteiger partial charge in [-0.1, -0.05) is 24.3 Å². The number of aliphatic hydroxyl groups is 1. The van der Waals surface area contributed by atoms with Gasteiger partial charge in [-0.05, 0) is 53.6 Å². The highest BCUT2D eigenvalue weighted by atomic mass is 32.2. The van der Waals surface area contributed by atoms with Crippen molar-refractivity contribution in [1.82, 2.24) is 24.9 Å². The van der Waals surface area contributed by atoms with E-state index in [9.17, 15) is 5.11 Å². The van der Waals surface area contributed by atoms with Gasteiger partial charge >= 0.3 is 0 Å². The van der Waals surface area contributed by atoms with Crippen LogP contribution in [0.1, 0.15) is 35.7 Å². The minimum Gasteiger partial charge on any atom is -0.442 e. The Morgan fingerprint density at radius 2 is 1.91 bits per heavy atom. The number of nitrogens with two attached hydrogens (primary N) is 1. The largest absolute Gasteiger partial charge is 0.442 e. The third-order valence-electron chi connectivity index (χ3n) is 7.06. The van der Waals surface area contributed by atoms with Gasteiger partial charge in [-0.3, -0.25) is 0 Å². The van der Waals surface area contributed by atoms with E-state index in [2.05, 4.69) is 49.1 Å². The first-order valence-corrected chi connectivity index (χ1v) is 12.4. The zero-order chi connectivity index (χ0) is 23.8. The van der Waals surface area contributed by atoms with Crippen molar-refractivity contribution in [3.8, 4) is 11.7 Å². The average Bonchev–Trinajstić information content (AvgIpc) is 3.53. The molecule has 1 aliphatic heterocycles. The van der Waals surface area contributed by atoms with Crippen LogP contribution >= 0.6 is 11.8 Å². The molecule has 1 aromatic carbocycles. The first-order chi connectivity index (χ1) is 17.1. The van der Waals surface area contributed by atoms with Gasteiger partial charge in [0.05, 0.1) is 19.0 Å². The van der Waals surface area contributed by atoms with E-state index in [1.54, 1.807) is 24.7 Å². The molecule has 0 saturated carbocycles. The smallest absolute Gasteiger partial charge is 0.264 e. The van der Waals surface area contributed by atoms with Crippen molar-refractivity contribution in [2.45, 2.75) is 42.0 Å². The molecule has 178 valence electrons. The Morgan fingerprint density at radius 1 is 1.06 bits per heavy atom. The van der Waals surface area contributed by atoms with Crippen LogP contribution < -0.4 is 10.6 Å². The summed E-state index contributed by atoms with van der Waals surface area (Å²) in [4.78, 5) is 24.4. The third-order valence-corrected chi connectivity index (χ3v) is 7.91. The molecule has 3 N–H and O–H groups in total. The van der Waals surface area contributed by atoms with Gasteiger partial charge in [-0.2, -0.15) is 0 Å². The number of nitrogens with zero attached hydrogens (tertiary/aromatic N) is 6. The molecule has 0 bridgehead atoms. The lowest BCUT2D eigenvalue weighted by Crippen LogP contribution is -2.45. The number of benzene rings is 1. The number of hydrogen-bond acceptors (Lipinski definition) is 10. The summed E-state index contributed by atoms with van der Waals surface area (Å²) in [6.45, 7) is 1.48. The number of oxazole rings is 1. The molecule has 0 radical (unpaired) electrons. The molecular formula is C25H25N7O2S. The van der Waals surface area contributed by atoms with Crippen LogP contribution in [0.3, 0.4) is 0 Å². The molecule has 4 heterocycles. The highest BCUT2D eigenvalue weighted by Crippen LogP contribution is 2.51. The highest BCUT2D eigenvalue weighted by Gasteiger charge is 2.46. The van der Waals surface area contributed by atoms with Gasteiger partial charge in [0.15, 0.2) is 5.82 Å². The standard InChI is InChI=1S/C25H25N7O2S/c26-21-17-4-2-1-3-16(17)13-25(21)6-10-32(11-7-25)23-18(15-33)30-20(14-29-23)35-19-5-8-27-22(31-19)24-28-9-12-34-24/h1-5,8-9,12,14,21,33H,6-7,10-11,13,15,26H2/t21-/m1/s1. The summed E-state index contributed by atoms with van der Waals surface area (Å²) < 4.78 is 5.28. The van der Waals surface area contributed by atoms with E-state index in [1.807, 2.05) is 0 Å². The topological polar surface area (TPSA) is 127 Å². The Labute approximate surface area is 206 Å². The van der Waals surface area contributed by atoms with Gasteiger partial charge in [0.2, 0.25) is 5.82 Å². The van der Waals surface area contributed by atoms with Crippen LogP contribution in [0.15, 0.2) is 69.7 Å². The number of aliphatic hydroxyl groups excluding tert-OH is 1. The number of hydrogen-bond donors (Lipinski definition) is 2. The SMILES string of the molecule is N[C@@H]1c2ccccc2CC12CCN(c1ncc(Sc3ccnc(-c4ncco4)n3)nc1CO)CC2. The van der Waals surface area contributed by atoms with Crippen molar-refractivity contribution in [2.24, 2.45) is 11.1 Å². The Bertz CT molecular complexity index is 1340. The average molecular weight is 488 g/mol. The van der Waals surface area contributed by atoms with E-state index >= 15 is 0 Å². The summed E-state index contributed by atoms with van der Waals surface area (Å²) in [5.74, 6) is 1.50. The van der Waals surface area contributed by atoms with Crippen LogP contribution in [-0.4, -0.2) is 43.1 Å². The monoisotopic (exact) mass is 487 g/mol. The Morgan fingerprint density at radius 3 is 2.69 bits per heavy atom. The van der Waals surface area contributed by atoms with Crippen molar-refractivity contribution in [3.05, 3.63) is 72.0 Å². The van der Waals surface area contributed by atoms with Gasteiger partial charge in [-0.25, -0.2) is 24.9 Å². The normalized spacial score (nSPS) is 18.7. The van der Waals surface area contributed by atoms with E-state index < -0.39 is 0 Å². The molecule has 9 nitrogen and oxygen atoms in total. The summed E-state index contributed by atoms with van der Waals surface area (Å²) in [5.41, 5.74) is 10.0. The minimum absolute atomic E-state index is 0.0668. The second-order valence-electron chi connectivity index (χ2n) is 9.00. The molecular weight excluding hydrogens is 462 g/mol. The maximum atomic E-state index is 10.1. The Hall–Kier alpha value is -3.34. The van der Waals surface area contributed by atoms with Crippen LogP contribution in [0.25, 0.3) is 11.7 Å². The van der Waals surface area contributed by atoms with Crippen molar-refractivity contribution in [2.75, 3.05) is 18.0 Å². The summed E-state index contributed by atoms with van der Waals surface area (Å²) in [6, 6.07) is 10.4. The third kappa shape index (κ3) is 4.07.